The van der Waals surface area contributed by atoms with Gasteiger partial charge in [0.25, 0.3) is 11.5 Å². The van der Waals surface area contributed by atoms with Gasteiger partial charge in [-0.1, -0.05) is 6.92 Å². The lowest BCUT2D eigenvalue weighted by Crippen LogP contribution is -2.34. The number of hydrogen-bond donors (Lipinski definition) is 2. The summed E-state index contributed by atoms with van der Waals surface area (Å²) in [5.41, 5.74) is -0.0369. The van der Waals surface area contributed by atoms with Crippen molar-refractivity contribution in [3.05, 3.63) is 28.2 Å². The average molecular weight is 221 g/mol. The van der Waals surface area contributed by atoms with Crippen molar-refractivity contribution in [2.75, 3.05) is 0 Å². The van der Waals surface area contributed by atoms with Crippen molar-refractivity contribution in [2.45, 2.75) is 32.2 Å². The third-order valence-electron chi connectivity index (χ3n) is 2.94. The van der Waals surface area contributed by atoms with Crippen LogP contribution in [-0.2, 0) is 0 Å². The minimum atomic E-state index is -0.300. The molecule has 5 nitrogen and oxygen atoms in total. The van der Waals surface area contributed by atoms with Gasteiger partial charge in [-0.05, 0) is 31.2 Å². The molecule has 0 aliphatic heterocycles. The number of aromatic nitrogens is 2. The van der Waals surface area contributed by atoms with Gasteiger partial charge >= 0.3 is 0 Å². The summed E-state index contributed by atoms with van der Waals surface area (Å²) in [5.74, 6) is 0.462. The monoisotopic (exact) mass is 221 g/mol. The molecule has 0 aromatic carbocycles. The predicted octanol–water partition coefficient (Wildman–Crippen LogP) is 0.688. The Morgan fingerprint density at radius 1 is 1.50 bits per heavy atom. The van der Waals surface area contributed by atoms with Gasteiger partial charge in [-0.25, -0.2) is 5.10 Å². The van der Waals surface area contributed by atoms with E-state index in [4.69, 9.17) is 0 Å². The molecular weight excluding hydrogens is 206 g/mol. The van der Waals surface area contributed by atoms with Crippen LogP contribution in [0.2, 0.25) is 0 Å². The maximum atomic E-state index is 11.7. The van der Waals surface area contributed by atoms with E-state index in [0.717, 1.165) is 19.3 Å². The van der Waals surface area contributed by atoms with E-state index in [1.165, 1.54) is 12.1 Å². The van der Waals surface area contributed by atoms with Crippen LogP contribution in [0.5, 0.6) is 0 Å². The van der Waals surface area contributed by atoms with E-state index in [9.17, 15) is 9.59 Å². The number of hydrogen-bond acceptors (Lipinski definition) is 3. The highest BCUT2D eigenvalue weighted by Gasteiger charge is 2.23. The lowest BCUT2D eigenvalue weighted by Gasteiger charge is -2.11. The molecule has 1 fully saturated rings. The normalized spacial score (nSPS) is 24.3. The van der Waals surface area contributed by atoms with Crippen molar-refractivity contribution in [1.82, 2.24) is 15.5 Å². The molecule has 0 spiro atoms. The molecule has 1 aromatic rings. The van der Waals surface area contributed by atoms with Crippen molar-refractivity contribution in [2.24, 2.45) is 5.92 Å². The van der Waals surface area contributed by atoms with E-state index < -0.39 is 0 Å². The van der Waals surface area contributed by atoms with Gasteiger partial charge in [0.1, 0.15) is 5.69 Å². The van der Waals surface area contributed by atoms with Crippen LogP contribution in [-0.4, -0.2) is 22.1 Å². The van der Waals surface area contributed by atoms with Crippen LogP contribution < -0.4 is 10.9 Å². The number of nitrogens with zero attached hydrogens (tertiary/aromatic N) is 1. The van der Waals surface area contributed by atoms with E-state index in [-0.39, 0.29) is 23.2 Å². The van der Waals surface area contributed by atoms with Gasteiger partial charge in [0.15, 0.2) is 0 Å². The fourth-order valence-electron chi connectivity index (χ4n) is 2.07. The minimum Gasteiger partial charge on any atom is -0.348 e. The van der Waals surface area contributed by atoms with Crippen LogP contribution in [0, 0.1) is 5.92 Å². The van der Waals surface area contributed by atoms with Gasteiger partial charge in [0.05, 0.1) is 0 Å². The molecule has 16 heavy (non-hydrogen) atoms. The number of rotatable bonds is 2. The SMILES string of the molecule is CC1CCC(NC(=O)c2ccc(=O)[nH]n2)C1. The quantitative estimate of drug-likeness (QED) is 0.771. The molecule has 86 valence electrons. The van der Waals surface area contributed by atoms with Crippen LogP contribution in [0.1, 0.15) is 36.7 Å². The Morgan fingerprint density at radius 3 is 2.88 bits per heavy atom. The number of nitrogens with one attached hydrogen (secondary N) is 2. The Kier molecular flexibility index (Phi) is 3.03. The Bertz CT molecular complexity index is 421. The van der Waals surface area contributed by atoms with Gasteiger partial charge in [-0.15, -0.1) is 0 Å². The maximum absolute atomic E-state index is 11.7. The molecule has 1 aromatic heterocycles. The minimum absolute atomic E-state index is 0.213. The molecule has 0 bridgehead atoms. The van der Waals surface area contributed by atoms with Crippen molar-refractivity contribution >= 4 is 5.91 Å². The van der Waals surface area contributed by atoms with Gasteiger partial charge in [0, 0.05) is 12.1 Å². The number of carbonyl (C=O) groups is 1. The molecule has 0 saturated heterocycles. The summed E-state index contributed by atoms with van der Waals surface area (Å²) >= 11 is 0. The Morgan fingerprint density at radius 2 is 2.31 bits per heavy atom. The molecule has 1 aliphatic rings. The summed E-state index contributed by atoms with van der Waals surface area (Å²) < 4.78 is 0. The van der Waals surface area contributed by atoms with Crippen molar-refractivity contribution in [3.8, 4) is 0 Å². The van der Waals surface area contributed by atoms with Gasteiger partial charge < -0.3 is 5.32 Å². The number of H-pyrrole nitrogens is 1. The molecule has 2 atom stereocenters. The zero-order chi connectivity index (χ0) is 11.5. The zero-order valence-corrected chi connectivity index (χ0v) is 9.19. The standard InChI is InChI=1S/C11H15N3O2/c1-7-2-3-8(6-7)12-11(16)9-4-5-10(15)14-13-9/h4-5,7-8H,2-3,6H2,1H3,(H,12,16)(H,14,15). The van der Waals surface area contributed by atoms with Crippen LogP contribution in [0.25, 0.3) is 0 Å². The summed E-state index contributed by atoms with van der Waals surface area (Å²) in [4.78, 5) is 22.5. The topological polar surface area (TPSA) is 74.8 Å². The molecule has 2 N–H and O–H groups in total. The number of aromatic amines is 1. The largest absolute Gasteiger partial charge is 0.348 e. The summed E-state index contributed by atoms with van der Waals surface area (Å²) in [6, 6.07) is 2.99. The van der Waals surface area contributed by atoms with Gasteiger partial charge in [-0.3, -0.25) is 9.59 Å². The fourth-order valence-corrected chi connectivity index (χ4v) is 2.07. The lowest BCUT2D eigenvalue weighted by atomic mass is 10.1. The van der Waals surface area contributed by atoms with Crippen LogP contribution in [0.3, 0.4) is 0 Å². The Labute approximate surface area is 93.3 Å². The van der Waals surface area contributed by atoms with Crippen LogP contribution in [0.15, 0.2) is 16.9 Å². The molecule has 5 heteroatoms. The first kappa shape index (κ1) is 10.9. The second kappa shape index (κ2) is 4.47. The molecule has 0 radical (unpaired) electrons. The molecule has 2 unspecified atom stereocenters. The Balaban J connectivity index is 1.98. The first-order valence-corrected chi connectivity index (χ1v) is 5.52. The average Bonchev–Trinajstić information content (AvgIpc) is 2.65. The molecule has 2 rings (SSSR count). The molecule has 1 heterocycles. The summed E-state index contributed by atoms with van der Waals surface area (Å²) in [6.45, 7) is 2.18. The number of amides is 1. The summed E-state index contributed by atoms with van der Waals surface area (Å²) in [7, 11) is 0. The second-order valence-corrected chi connectivity index (χ2v) is 4.40. The third-order valence-corrected chi connectivity index (χ3v) is 2.94. The first-order valence-electron chi connectivity index (χ1n) is 5.52. The summed E-state index contributed by atoms with van der Waals surface area (Å²) in [6.07, 6.45) is 3.20. The fraction of sp³-hybridized carbons (Fsp3) is 0.545. The molecular formula is C11H15N3O2. The highest BCUT2D eigenvalue weighted by Crippen LogP contribution is 2.24. The predicted molar refractivity (Wildman–Crippen MR) is 59.1 cm³/mol. The lowest BCUT2D eigenvalue weighted by molar-refractivity contribution is 0.0931. The van der Waals surface area contributed by atoms with Gasteiger partial charge in [-0.2, -0.15) is 5.10 Å². The van der Waals surface area contributed by atoms with Crippen molar-refractivity contribution in [1.29, 1.82) is 0 Å². The third kappa shape index (κ3) is 2.48. The number of carbonyl (C=O) groups excluding carboxylic acids is 1. The van der Waals surface area contributed by atoms with Crippen LogP contribution in [0.4, 0.5) is 0 Å². The molecule has 1 aliphatic carbocycles. The second-order valence-electron chi connectivity index (χ2n) is 4.40. The molecule has 1 saturated carbocycles. The summed E-state index contributed by atoms with van der Waals surface area (Å²) in [5, 5.41) is 8.86. The van der Waals surface area contributed by atoms with Gasteiger partial charge in [0.2, 0.25) is 0 Å². The first-order chi connectivity index (χ1) is 7.65. The van der Waals surface area contributed by atoms with E-state index in [1.807, 2.05) is 0 Å². The Hall–Kier alpha value is -1.65. The van der Waals surface area contributed by atoms with E-state index in [1.54, 1.807) is 0 Å². The van der Waals surface area contributed by atoms with Crippen molar-refractivity contribution in [3.63, 3.8) is 0 Å². The van der Waals surface area contributed by atoms with Crippen molar-refractivity contribution < 1.29 is 4.79 Å². The zero-order valence-electron chi connectivity index (χ0n) is 9.19. The molecule has 1 amide bonds. The van der Waals surface area contributed by atoms with E-state index >= 15 is 0 Å². The van der Waals surface area contributed by atoms with E-state index in [0.29, 0.717) is 5.92 Å². The highest BCUT2D eigenvalue weighted by atomic mass is 16.2. The van der Waals surface area contributed by atoms with Crippen LogP contribution >= 0.6 is 0 Å². The van der Waals surface area contributed by atoms with E-state index in [2.05, 4.69) is 22.4 Å². The smallest absolute Gasteiger partial charge is 0.271 e. The highest BCUT2D eigenvalue weighted by molar-refractivity contribution is 5.92. The maximum Gasteiger partial charge on any atom is 0.271 e.